The van der Waals surface area contributed by atoms with Crippen LogP contribution in [0.15, 0.2) is 47.5 Å². The van der Waals surface area contributed by atoms with Gasteiger partial charge in [0.25, 0.3) is 0 Å². The Morgan fingerprint density at radius 3 is 2.53 bits per heavy atom. The topological polar surface area (TPSA) is 73.8 Å². The summed E-state index contributed by atoms with van der Waals surface area (Å²) in [7, 11) is -1.55. The van der Waals surface area contributed by atoms with E-state index in [2.05, 4.69) is 52.6 Å². The lowest BCUT2D eigenvalue weighted by molar-refractivity contribution is 0.599. The predicted molar refractivity (Wildman–Crippen MR) is 122 cm³/mol. The van der Waals surface area contributed by atoms with Gasteiger partial charge in [-0.3, -0.25) is 4.99 Å². The molecule has 0 aliphatic rings. The van der Waals surface area contributed by atoms with Gasteiger partial charge in [0, 0.05) is 45.2 Å². The Morgan fingerprint density at radius 2 is 1.90 bits per heavy atom. The number of anilines is 1. The molecular formula is C22H31FN4O2S. The lowest BCUT2D eigenvalue weighted by Gasteiger charge is -2.24. The minimum atomic E-state index is -3.21. The van der Waals surface area contributed by atoms with Gasteiger partial charge in [-0.1, -0.05) is 18.2 Å². The zero-order chi connectivity index (χ0) is 22.1. The highest BCUT2D eigenvalue weighted by Gasteiger charge is 2.11. The summed E-state index contributed by atoms with van der Waals surface area (Å²) in [6.45, 7) is 6.81. The second-order valence-electron chi connectivity index (χ2n) is 7.25. The first-order valence-electron chi connectivity index (χ1n) is 9.93. The fourth-order valence-electron chi connectivity index (χ4n) is 3.19. The van der Waals surface area contributed by atoms with E-state index in [0.29, 0.717) is 23.6 Å². The van der Waals surface area contributed by atoms with Crippen LogP contribution >= 0.6 is 0 Å². The smallest absolute Gasteiger partial charge is 0.191 e. The molecule has 8 heteroatoms. The van der Waals surface area contributed by atoms with E-state index >= 15 is 0 Å². The Bertz CT molecular complexity index is 977. The van der Waals surface area contributed by atoms with Crippen molar-refractivity contribution in [3.8, 4) is 0 Å². The molecule has 2 aromatic carbocycles. The van der Waals surface area contributed by atoms with E-state index < -0.39 is 15.7 Å². The summed E-state index contributed by atoms with van der Waals surface area (Å²) >= 11 is 0. The summed E-state index contributed by atoms with van der Waals surface area (Å²) in [6, 6.07) is 12.5. The molecular weight excluding hydrogens is 403 g/mol. The molecule has 0 fully saturated rings. The number of hydrogen-bond donors (Lipinski definition) is 2. The molecule has 164 valence electrons. The number of sulfone groups is 1. The van der Waals surface area contributed by atoms with Gasteiger partial charge in [0.2, 0.25) is 0 Å². The van der Waals surface area contributed by atoms with Gasteiger partial charge >= 0.3 is 0 Å². The van der Waals surface area contributed by atoms with E-state index in [4.69, 9.17) is 0 Å². The van der Waals surface area contributed by atoms with Gasteiger partial charge in [0.05, 0.1) is 5.75 Å². The van der Waals surface area contributed by atoms with Crippen LogP contribution in [0.3, 0.4) is 0 Å². The molecule has 30 heavy (non-hydrogen) atoms. The van der Waals surface area contributed by atoms with Crippen LogP contribution in [-0.4, -0.2) is 47.3 Å². The molecule has 0 saturated heterocycles. The van der Waals surface area contributed by atoms with Gasteiger partial charge in [-0.25, -0.2) is 12.8 Å². The minimum absolute atomic E-state index is 0.127. The van der Waals surface area contributed by atoms with Crippen LogP contribution in [0.5, 0.6) is 0 Å². The first-order chi connectivity index (χ1) is 14.2. The Hall–Kier alpha value is -2.61. The number of halogens is 1. The number of hydrogen-bond acceptors (Lipinski definition) is 4. The third-order valence-electron chi connectivity index (χ3n) is 4.68. The quantitative estimate of drug-likeness (QED) is 0.469. The highest BCUT2D eigenvalue weighted by molar-refractivity contribution is 7.89. The van der Waals surface area contributed by atoms with E-state index in [1.807, 2.05) is 6.07 Å². The minimum Gasteiger partial charge on any atom is -0.370 e. The maximum atomic E-state index is 13.7. The van der Waals surface area contributed by atoms with Crippen LogP contribution in [0.4, 0.5) is 10.1 Å². The lowest BCUT2D eigenvalue weighted by atomic mass is 10.1. The molecule has 0 spiro atoms. The van der Waals surface area contributed by atoms with Crippen molar-refractivity contribution >= 4 is 21.5 Å². The highest BCUT2D eigenvalue weighted by atomic mass is 32.2. The number of guanidine groups is 1. The van der Waals surface area contributed by atoms with Gasteiger partial charge in [-0.2, -0.15) is 0 Å². The Kier molecular flexibility index (Phi) is 8.65. The number of aliphatic imine (C=N–C) groups is 1. The maximum absolute atomic E-state index is 13.7. The Labute approximate surface area is 179 Å². The molecule has 0 unspecified atom stereocenters. The summed E-state index contributed by atoms with van der Waals surface area (Å²) in [4.78, 5) is 6.47. The molecule has 0 aromatic heterocycles. The van der Waals surface area contributed by atoms with Crippen LogP contribution in [0.25, 0.3) is 0 Å². The number of nitrogens with one attached hydrogen (secondary N) is 2. The average Bonchev–Trinajstić information content (AvgIpc) is 2.68. The molecule has 6 nitrogen and oxygen atoms in total. The fraction of sp³-hybridized carbons (Fsp3) is 0.409. The molecule has 0 bridgehead atoms. The Balaban J connectivity index is 1.95. The van der Waals surface area contributed by atoms with Crippen molar-refractivity contribution in [1.82, 2.24) is 10.6 Å². The molecule has 0 heterocycles. The van der Waals surface area contributed by atoms with E-state index in [0.717, 1.165) is 13.1 Å². The van der Waals surface area contributed by atoms with Crippen LogP contribution in [-0.2, 0) is 22.1 Å². The van der Waals surface area contributed by atoms with Gasteiger partial charge in [0.1, 0.15) is 5.82 Å². The van der Waals surface area contributed by atoms with Crippen molar-refractivity contribution in [1.29, 1.82) is 0 Å². The van der Waals surface area contributed by atoms with Crippen molar-refractivity contribution in [2.45, 2.75) is 26.1 Å². The Morgan fingerprint density at radius 1 is 1.13 bits per heavy atom. The van der Waals surface area contributed by atoms with Gasteiger partial charge in [-0.05, 0) is 54.8 Å². The van der Waals surface area contributed by atoms with E-state index in [-0.39, 0.29) is 12.3 Å². The maximum Gasteiger partial charge on any atom is 0.191 e. The van der Waals surface area contributed by atoms with Crippen molar-refractivity contribution < 1.29 is 12.8 Å². The van der Waals surface area contributed by atoms with Gasteiger partial charge < -0.3 is 15.5 Å². The number of likely N-dealkylation sites (N-methyl/N-ethyl adjacent to an activating group) is 1. The molecule has 2 N–H and O–H groups in total. The standard InChI is InChI=1S/C22H31FN4O2S/c1-5-27(21-8-6-7-17(2)13-21)12-11-25-22(24-3)26-15-19-14-20(23)10-9-18(19)16-30(4,28)29/h6-10,13-14H,5,11-12,15-16H2,1-4H3,(H2,24,25,26). The number of nitrogens with zero attached hydrogens (tertiary/aromatic N) is 2. The molecule has 0 radical (unpaired) electrons. The monoisotopic (exact) mass is 434 g/mol. The molecule has 0 aliphatic heterocycles. The van der Waals surface area contributed by atoms with Crippen LogP contribution in [0.2, 0.25) is 0 Å². The predicted octanol–water partition coefficient (Wildman–Crippen LogP) is 2.87. The third-order valence-corrected chi connectivity index (χ3v) is 5.51. The third kappa shape index (κ3) is 7.67. The molecule has 2 rings (SSSR count). The molecule has 0 amide bonds. The van der Waals surface area contributed by atoms with Gasteiger partial charge in [0.15, 0.2) is 15.8 Å². The van der Waals surface area contributed by atoms with E-state index in [9.17, 15) is 12.8 Å². The summed E-state index contributed by atoms with van der Waals surface area (Å²) < 4.78 is 37.0. The van der Waals surface area contributed by atoms with Crippen molar-refractivity contribution in [3.05, 3.63) is 65.0 Å². The number of benzene rings is 2. The highest BCUT2D eigenvalue weighted by Crippen LogP contribution is 2.16. The summed E-state index contributed by atoms with van der Waals surface area (Å²) in [5.74, 6) is 0.0479. The molecule has 0 atom stereocenters. The zero-order valence-electron chi connectivity index (χ0n) is 18.1. The molecule has 2 aromatic rings. The van der Waals surface area contributed by atoms with E-state index in [1.54, 1.807) is 7.05 Å². The van der Waals surface area contributed by atoms with Crippen LogP contribution in [0, 0.1) is 12.7 Å². The van der Waals surface area contributed by atoms with Crippen molar-refractivity contribution in [3.63, 3.8) is 0 Å². The average molecular weight is 435 g/mol. The fourth-order valence-corrected chi connectivity index (χ4v) is 4.03. The van der Waals surface area contributed by atoms with Gasteiger partial charge in [-0.15, -0.1) is 0 Å². The zero-order valence-corrected chi connectivity index (χ0v) is 18.9. The van der Waals surface area contributed by atoms with Crippen molar-refractivity contribution in [2.24, 2.45) is 4.99 Å². The molecule has 0 saturated carbocycles. The van der Waals surface area contributed by atoms with Crippen LogP contribution < -0.4 is 15.5 Å². The second kappa shape index (κ2) is 11.0. The van der Waals surface area contributed by atoms with Crippen LogP contribution in [0.1, 0.15) is 23.6 Å². The second-order valence-corrected chi connectivity index (χ2v) is 9.39. The number of aryl methyl sites for hydroxylation is 1. The largest absolute Gasteiger partial charge is 0.370 e. The summed E-state index contributed by atoms with van der Waals surface area (Å²) in [6.07, 6.45) is 1.17. The molecule has 0 aliphatic carbocycles. The van der Waals surface area contributed by atoms with Crippen molar-refractivity contribution in [2.75, 3.05) is 37.8 Å². The first kappa shape index (κ1) is 23.7. The normalized spacial score (nSPS) is 12.0. The van der Waals surface area contributed by atoms with E-state index in [1.165, 1.54) is 35.7 Å². The number of rotatable bonds is 9. The summed E-state index contributed by atoms with van der Waals surface area (Å²) in [5.41, 5.74) is 3.57. The SMILES string of the molecule is CCN(CCNC(=NC)NCc1cc(F)ccc1CS(C)(=O)=O)c1cccc(C)c1. The summed E-state index contributed by atoms with van der Waals surface area (Å²) in [5, 5.41) is 6.40. The first-order valence-corrected chi connectivity index (χ1v) is 12.0. The lowest BCUT2D eigenvalue weighted by Crippen LogP contribution is -2.41.